The standard InChI is InChI=1S/C21H22N2O6/c1-14(24)22-16-7-5-15(6-8-16)13-21(28)29-18-11-9-17(10-12-18)23-19(25)3-2-4-20(26)27/h5-12H,2-4,13H2,1H3,(H,22,24)(H,23,25)(H,26,27). The molecule has 0 atom stereocenters. The van der Waals surface area contributed by atoms with Gasteiger partial charge in [0.2, 0.25) is 11.8 Å². The Bertz CT molecular complexity index is 875. The summed E-state index contributed by atoms with van der Waals surface area (Å²) in [5, 5.41) is 13.9. The summed E-state index contributed by atoms with van der Waals surface area (Å²) in [4.78, 5) is 45.2. The fourth-order valence-corrected chi connectivity index (χ4v) is 2.47. The largest absolute Gasteiger partial charge is 0.481 e. The first-order valence-corrected chi connectivity index (χ1v) is 9.01. The van der Waals surface area contributed by atoms with Crippen molar-refractivity contribution in [1.29, 1.82) is 0 Å². The van der Waals surface area contributed by atoms with Gasteiger partial charge < -0.3 is 20.5 Å². The maximum absolute atomic E-state index is 12.1. The van der Waals surface area contributed by atoms with Crippen LogP contribution in [0.3, 0.4) is 0 Å². The van der Waals surface area contributed by atoms with Gasteiger partial charge in [0.15, 0.2) is 0 Å². The number of hydrogen-bond acceptors (Lipinski definition) is 5. The lowest BCUT2D eigenvalue weighted by molar-refractivity contribution is -0.137. The van der Waals surface area contributed by atoms with Crippen molar-refractivity contribution < 1.29 is 29.0 Å². The van der Waals surface area contributed by atoms with Crippen LogP contribution in [0, 0.1) is 0 Å². The van der Waals surface area contributed by atoms with Gasteiger partial charge in [0.25, 0.3) is 0 Å². The SMILES string of the molecule is CC(=O)Nc1ccc(CC(=O)Oc2ccc(NC(=O)CCCC(=O)O)cc2)cc1. The molecule has 0 radical (unpaired) electrons. The average molecular weight is 398 g/mol. The van der Waals surface area contributed by atoms with Gasteiger partial charge in [0.1, 0.15) is 5.75 Å². The van der Waals surface area contributed by atoms with Crippen LogP contribution in [0.1, 0.15) is 31.7 Å². The Morgan fingerprint density at radius 2 is 1.45 bits per heavy atom. The van der Waals surface area contributed by atoms with Gasteiger partial charge in [-0.15, -0.1) is 0 Å². The molecule has 0 saturated heterocycles. The van der Waals surface area contributed by atoms with Gasteiger partial charge in [-0.25, -0.2) is 0 Å². The molecule has 8 heteroatoms. The van der Waals surface area contributed by atoms with E-state index in [1.165, 1.54) is 6.92 Å². The van der Waals surface area contributed by atoms with Gasteiger partial charge in [0, 0.05) is 31.1 Å². The smallest absolute Gasteiger partial charge is 0.315 e. The molecule has 0 spiro atoms. The Morgan fingerprint density at radius 3 is 2.03 bits per heavy atom. The van der Waals surface area contributed by atoms with Crippen LogP contribution in [0.15, 0.2) is 48.5 Å². The summed E-state index contributed by atoms with van der Waals surface area (Å²) in [7, 11) is 0. The molecular weight excluding hydrogens is 376 g/mol. The van der Waals surface area contributed by atoms with E-state index in [2.05, 4.69) is 10.6 Å². The van der Waals surface area contributed by atoms with Crippen molar-refractivity contribution in [2.24, 2.45) is 0 Å². The molecule has 0 aliphatic rings. The van der Waals surface area contributed by atoms with E-state index >= 15 is 0 Å². The average Bonchev–Trinajstić information content (AvgIpc) is 2.64. The Morgan fingerprint density at radius 1 is 0.862 bits per heavy atom. The summed E-state index contributed by atoms with van der Waals surface area (Å²) in [6.07, 6.45) is 0.396. The van der Waals surface area contributed by atoms with Gasteiger partial charge in [0.05, 0.1) is 6.42 Å². The van der Waals surface area contributed by atoms with Crippen LogP contribution >= 0.6 is 0 Å². The van der Waals surface area contributed by atoms with Gasteiger partial charge in [-0.05, 0) is 48.4 Å². The molecule has 0 bridgehead atoms. The quantitative estimate of drug-likeness (QED) is 0.441. The fraction of sp³-hybridized carbons (Fsp3) is 0.238. The minimum atomic E-state index is -0.937. The van der Waals surface area contributed by atoms with Crippen LogP contribution < -0.4 is 15.4 Å². The predicted molar refractivity (Wildman–Crippen MR) is 107 cm³/mol. The molecule has 0 unspecified atom stereocenters. The Balaban J connectivity index is 1.81. The molecule has 2 amide bonds. The number of amides is 2. The fourth-order valence-electron chi connectivity index (χ4n) is 2.47. The molecule has 0 aromatic heterocycles. The van der Waals surface area contributed by atoms with E-state index in [-0.39, 0.29) is 37.5 Å². The van der Waals surface area contributed by atoms with Gasteiger partial charge in [-0.2, -0.15) is 0 Å². The van der Waals surface area contributed by atoms with Crippen molar-refractivity contribution in [3.63, 3.8) is 0 Å². The topological polar surface area (TPSA) is 122 Å². The van der Waals surface area contributed by atoms with Gasteiger partial charge in [-0.3, -0.25) is 19.2 Å². The normalized spacial score (nSPS) is 10.1. The highest BCUT2D eigenvalue weighted by Crippen LogP contribution is 2.17. The van der Waals surface area contributed by atoms with Gasteiger partial charge in [-0.1, -0.05) is 12.1 Å². The maximum atomic E-state index is 12.1. The number of rotatable bonds is 9. The van der Waals surface area contributed by atoms with Crippen LogP contribution in [-0.4, -0.2) is 28.9 Å². The third-order valence-corrected chi connectivity index (χ3v) is 3.79. The lowest BCUT2D eigenvalue weighted by Gasteiger charge is -2.08. The number of anilines is 2. The molecule has 8 nitrogen and oxygen atoms in total. The lowest BCUT2D eigenvalue weighted by Crippen LogP contribution is -2.13. The van der Waals surface area contributed by atoms with E-state index in [1.54, 1.807) is 48.5 Å². The number of carboxylic acid groups (broad SMARTS) is 1. The Hall–Kier alpha value is -3.68. The number of hydrogen-bond donors (Lipinski definition) is 3. The third-order valence-electron chi connectivity index (χ3n) is 3.79. The molecule has 29 heavy (non-hydrogen) atoms. The van der Waals surface area contributed by atoms with Crippen LogP contribution in [-0.2, 0) is 25.6 Å². The highest BCUT2D eigenvalue weighted by molar-refractivity contribution is 5.91. The number of nitrogens with one attached hydrogen (secondary N) is 2. The zero-order valence-electron chi connectivity index (χ0n) is 15.9. The molecule has 2 aromatic carbocycles. The number of carboxylic acids is 1. The zero-order valence-corrected chi connectivity index (χ0v) is 15.9. The lowest BCUT2D eigenvalue weighted by atomic mass is 10.1. The van der Waals surface area contributed by atoms with Crippen molar-refractivity contribution in [2.75, 3.05) is 10.6 Å². The number of ether oxygens (including phenoxy) is 1. The number of aliphatic carboxylic acids is 1. The van der Waals surface area contributed by atoms with Gasteiger partial charge >= 0.3 is 11.9 Å². The minimum absolute atomic E-state index is 0.0573. The Kier molecular flexibility index (Phi) is 7.90. The summed E-state index contributed by atoms with van der Waals surface area (Å²) < 4.78 is 5.28. The summed E-state index contributed by atoms with van der Waals surface area (Å²) in [5.74, 6) is -1.49. The van der Waals surface area contributed by atoms with Crippen molar-refractivity contribution >= 4 is 35.1 Å². The molecule has 152 valence electrons. The van der Waals surface area contributed by atoms with Crippen LogP contribution in [0.5, 0.6) is 5.75 Å². The summed E-state index contributed by atoms with van der Waals surface area (Å²) in [5.41, 5.74) is 1.92. The molecule has 2 rings (SSSR count). The molecule has 0 fully saturated rings. The third kappa shape index (κ3) is 8.25. The molecule has 0 aliphatic carbocycles. The van der Waals surface area contributed by atoms with Crippen LogP contribution in [0.4, 0.5) is 11.4 Å². The first-order valence-electron chi connectivity index (χ1n) is 9.01. The van der Waals surface area contributed by atoms with E-state index in [0.29, 0.717) is 17.1 Å². The molecule has 0 heterocycles. The van der Waals surface area contributed by atoms with Crippen molar-refractivity contribution in [3.05, 3.63) is 54.1 Å². The molecule has 2 aromatic rings. The minimum Gasteiger partial charge on any atom is -0.481 e. The Labute approximate surface area is 167 Å². The van der Waals surface area contributed by atoms with Crippen LogP contribution in [0.25, 0.3) is 0 Å². The maximum Gasteiger partial charge on any atom is 0.315 e. The molecule has 3 N–H and O–H groups in total. The van der Waals surface area contributed by atoms with Crippen molar-refractivity contribution in [1.82, 2.24) is 0 Å². The van der Waals surface area contributed by atoms with E-state index in [1.807, 2.05) is 0 Å². The summed E-state index contributed by atoms with van der Waals surface area (Å²) in [6, 6.07) is 13.2. The molecule has 0 aliphatic heterocycles. The first-order chi connectivity index (χ1) is 13.8. The van der Waals surface area contributed by atoms with Crippen molar-refractivity contribution in [3.8, 4) is 5.75 Å². The van der Waals surface area contributed by atoms with E-state index in [9.17, 15) is 19.2 Å². The summed E-state index contributed by atoms with van der Waals surface area (Å²) in [6.45, 7) is 1.42. The molecule has 0 saturated carbocycles. The predicted octanol–water partition coefficient (Wildman–Crippen LogP) is 2.99. The van der Waals surface area contributed by atoms with Crippen molar-refractivity contribution in [2.45, 2.75) is 32.6 Å². The second-order valence-corrected chi connectivity index (χ2v) is 6.35. The summed E-state index contributed by atoms with van der Waals surface area (Å²) >= 11 is 0. The number of benzene rings is 2. The monoisotopic (exact) mass is 398 g/mol. The highest BCUT2D eigenvalue weighted by Gasteiger charge is 2.08. The van der Waals surface area contributed by atoms with E-state index in [0.717, 1.165) is 5.56 Å². The highest BCUT2D eigenvalue weighted by atomic mass is 16.5. The second-order valence-electron chi connectivity index (χ2n) is 6.35. The van der Waals surface area contributed by atoms with E-state index < -0.39 is 11.9 Å². The number of carbonyl (C=O) groups is 4. The molecular formula is C21H22N2O6. The zero-order chi connectivity index (χ0) is 21.2. The second kappa shape index (κ2) is 10.6. The van der Waals surface area contributed by atoms with Crippen LogP contribution in [0.2, 0.25) is 0 Å². The number of carbonyl (C=O) groups excluding carboxylic acids is 3. The number of esters is 1. The first kappa shape index (κ1) is 21.6. The van der Waals surface area contributed by atoms with E-state index in [4.69, 9.17) is 9.84 Å².